The van der Waals surface area contributed by atoms with Gasteiger partial charge in [0, 0.05) is 18.7 Å². The van der Waals surface area contributed by atoms with E-state index >= 15 is 0 Å². The second kappa shape index (κ2) is 4.91. The number of rotatable bonds is 2. The Hall–Kier alpha value is -1.30. The van der Waals surface area contributed by atoms with Crippen molar-refractivity contribution in [2.45, 2.75) is 43.7 Å². The summed E-state index contributed by atoms with van der Waals surface area (Å²) in [6.45, 7) is 0.485. The lowest BCUT2D eigenvalue weighted by Gasteiger charge is -2.47. The van der Waals surface area contributed by atoms with Gasteiger partial charge >= 0.3 is 0 Å². The number of benzene rings is 1. The van der Waals surface area contributed by atoms with E-state index in [9.17, 15) is 17.6 Å². The highest BCUT2D eigenvalue weighted by Gasteiger charge is 2.42. The van der Waals surface area contributed by atoms with Crippen LogP contribution in [-0.4, -0.2) is 18.2 Å². The van der Waals surface area contributed by atoms with Crippen molar-refractivity contribution in [3.8, 4) is 0 Å². The van der Waals surface area contributed by atoms with Crippen molar-refractivity contribution < 1.29 is 22.3 Å². The van der Waals surface area contributed by atoms with E-state index in [1.807, 2.05) is 0 Å². The van der Waals surface area contributed by atoms with E-state index in [0.717, 1.165) is 19.3 Å². The molecule has 1 spiro atoms. The largest absolute Gasteiger partial charge is 0.377 e. The van der Waals surface area contributed by atoms with Gasteiger partial charge in [0.05, 0.1) is 5.60 Å². The molecule has 1 aliphatic heterocycles. The molecule has 110 valence electrons. The van der Waals surface area contributed by atoms with Gasteiger partial charge in [-0.1, -0.05) is 0 Å². The van der Waals surface area contributed by atoms with Gasteiger partial charge in [0.1, 0.15) is 5.69 Å². The highest BCUT2D eigenvalue weighted by atomic mass is 19.2. The second-order valence-electron chi connectivity index (χ2n) is 5.56. The zero-order valence-electron chi connectivity index (χ0n) is 10.8. The minimum Gasteiger partial charge on any atom is -0.377 e. The maximum atomic E-state index is 13.6. The summed E-state index contributed by atoms with van der Waals surface area (Å²) in [4.78, 5) is 0. The molecular weight excluding hydrogens is 274 g/mol. The van der Waals surface area contributed by atoms with Crippen LogP contribution in [0.2, 0.25) is 0 Å². The Kier molecular flexibility index (Phi) is 3.36. The minimum absolute atomic E-state index is 0.214. The van der Waals surface area contributed by atoms with Gasteiger partial charge in [0.25, 0.3) is 0 Å². The van der Waals surface area contributed by atoms with Crippen LogP contribution >= 0.6 is 0 Å². The summed E-state index contributed by atoms with van der Waals surface area (Å²) in [5.41, 5.74) is -0.932. The smallest absolute Gasteiger partial charge is 0.185 e. The Bertz CT molecular complexity index is 504. The van der Waals surface area contributed by atoms with E-state index in [1.54, 1.807) is 0 Å². The monoisotopic (exact) mass is 289 g/mol. The van der Waals surface area contributed by atoms with Crippen LogP contribution in [0.25, 0.3) is 0 Å². The highest BCUT2D eigenvalue weighted by molar-refractivity contribution is 5.48. The van der Waals surface area contributed by atoms with E-state index in [2.05, 4.69) is 5.32 Å². The molecular formula is C14H15F4NO. The van der Waals surface area contributed by atoms with E-state index in [1.165, 1.54) is 0 Å². The second-order valence-corrected chi connectivity index (χ2v) is 5.56. The number of hydrogen-bond donors (Lipinski definition) is 1. The van der Waals surface area contributed by atoms with Crippen LogP contribution in [0.5, 0.6) is 0 Å². The van der Waals surface area contributed by atoms with Crippen LogP contribution in [0.4, 0.5) is 23.2 Å². The Morgan fingerprint density at radius 2 is 1.75 bits per heavy atom. The summed E-state index contributed by atoms with van der Waals surface area (Å²) in [5.74, 6) is -5.54. The first-order chi connectivity index (χ1) is 9.51. The maximum Gasteiger partial charge on any atom is 0.185 e. The Morgan fingerprint density at radius 1 is 1.10 bits per heavy atom. The number of hydrogen-bond acceptors (Lipinski definition) is 2. The van der Waals surface area contributed by atoms with E-state index in [-0.39, 0.29) is 17.7 Å². The topological polar surface area (TPSA) is 21.3 Å². The predicted octanol–water partition coefficient (Wildman–Crippen LogP) is 3.76. The lowest BCUT2D eigenvalue weighted by atomic mass is 9.74. The van der Waals surface area contributed by atoms with Crippen LogP contribution in [0.15, 0.2) is 6.07 Å². The molecule has 0 amide bonds. The lowest BCUT2D eigenvalue weighted by Crippen LogP contribution is -2.49. The van der Waals surface area contributed by atoms with Crippen molar-refractivity contribution in [2.75, 3.05) is 11.9 Å². The third kappa shape index (κ3) is 2.26. The SMILES string of the molecule is Fc1cc(F)c(F)c(NC2CCOC3(CCC3)C2)c1F. The van der Waals surface area contributed by atoms with Gasteiger partial charge in [0.2, 0.25) is 0 Å². The van der Waals surface area contributed by atoms with E-state index < -0.39 is 29.0 Å². The predicted molar refractivity (Wildman–Crippen MR) is 65.5 cm³/mol. The summed E-state index contributed by atoms with van der Waals surface area (Å²) >= 11 is 0. The Labute approximate surface area is 114 Å². The molecule has 3 rings (SSSR count). The zero-order chi connectivity index (χ0) is 14.3. The van der Waals surface area contributed by atoms with Crippen molar-refractivity contribution in [3.05, 3.63) is 29.3 Å². The summed E-state index contributed by atoms with van der Waals surface area (Å²) in [5, 5.41) is 2.61. The summed E-state index contributed by atoms with van der Waals surface area (Å²) < 4.78 is 59.2. The molecule has 1 unspecified atom stereocenters. The Balaban J connectivity index is 1.81. The van der Waals surface area contributed by atoms with Gasteiger partial charge < -0.3 is 10.1 Å². The van der Waals surface area contributed by atoms with Crippen molar-refractivity contribution in [2.24, 2.45) is 0 Å². The number of ether oxygens (including phenoxy) is 1. The quantitative estimate of drug-likeness (QED) is 0.661. The first kappa shape index (κ1) is 13.7. The molecule has 1 aromatic carbocycles. The molecule has 0 bridgehead atoms. The molecule has 1 aliphatic carbocycles. The molecule has 1 atom stereocenters. The normalized spacial score (nSPS) is 24.5. The number of anilines is 1. The third-order valence-electron chi connectivity index (χ3n) is 4.22. The van der Waals surface area contributed by atoms with Crippen LogP contribution in [0, 0.1) is 23.3 Å². The first-order valence-corrected chi connectivity index (χ1v) is 6.74. The molecule has 2 nitrogen and oxygen atoms in total. The fraction of sp³-hybridized carbons (Fsp3) is 0.571. The molecule has 1 heterocycles. The zero-order valence-corrected chi connectivity index (χ0v) is 10.8. The van der Waals surface area contributed by atoms with E-state index in [4.69, 9.17) is 4.74 Å². The molecule has 2 fully saturated rings. The molecule has 2 aliphatic rings. The molecule has 6 heteroatoms. The average Bonchev–Trinajstić information content (AvgIpc) is 2.40. The van der Waals surface area contributed by atoms with Crippen LogP contribution < -0.4 is 5.32 Å². The van der Waals surface area contributed by atoms with Gasteiger partial charge in [-0.2, -0.15) is 0 Å². The van der Waals surface area contributed by atoms with Crippen molar-refractivity contribution in [1.82, 2.24) is 0 Å². The summed E-state index contributed by atoms with van der Waals surface area (Å²) in [6, 6.07) is -0.0259. The summed E-state index contributed by atoms with van der Waals surface area (Å²) in [7, 11) is 0. The number of nitrogens with one attached hydrogen (secondary N) is 1. The fourth-order valence-electron chi connectivity index (χ4n) is 2.97. The molecule has 1 aromatic rings. The van der Waals surface area contributed by atoms with Crippen molar-refractivity contribution >= 4 is 5.69 Å². The minimum atomic E-state index is -1.39. The van der Waals surface area contributed by atoms with Gasteiger partial charge in [-0.3, -0.25) is 0 Å². The van der Waals surface area contributed by atoms with Crippen LogP contribution in [-0.2, 0) is 4.74 Å². The van der Waals surface area contributed by atoms with Crippen molar-refractivity contribution in [3.63, 3.8) is 0 Å². The van der Waals surface area contributed by atoms with Crippen molar-refractivity contribution in [1.29, 1.82) is 0 Å². The number of halogens is 4. The molecule has 1 saturated carbocycles. The molecule has 1 saturated heterocycles. The van der Waals surface area contributed by atoms with E-state index in [0.29, 0.717) is 19.4 Å². The summed E-state index contributed by atoms with van der Waals surface area (Å²) in [6.07, 6.45) is 4.08. The first-order valence-electron chi connectivity index (χ1n) is 6.74. The highest BCUT2D eigenvalue weighted by Crippen LogP contribution is 2.43. The van der Waals surface area contributed by atoms with Gasteiger partial charge in [0.15, 0.2) is 23.3 Å². The third-order valence-corrected chi connectivity index (χ3v) is 4.22. The fourth-order valence-corrected chi connectivity index (χ4v) is 2.97. The Morgan fingerprint density at radius 3 is 2.30 bits per heavy atom. The molecule has 1 N–H and O–H groups in total. The molecule has 20 heavy (non-hydrogen) atoms. The average molecular weight is 289 g/mol. The lowest BCUT2D eigenvalue weighted by molar-refractivity contribution is -0.130. The standard InChI is InChI=1S/C14H15F4NO/c15-9-6-10(16)12(18)13(11(9)17)19-8-2-5-20-14(7-8)3-1-4-14/h6,8,19H,1-5,7H2. The van der Waals surface area contributed by atoms with Gasteiger partial charge in [-0.05, 0) is 32.1 Å². The van der Waals surface area contributed by atoms with Crippen LogP contribution in [0.1, 0.15) is 32.1 Å². The molecule has 0 aromatic heterocycles. The van der Waals surface area contributed by atoms with Gasteiger partial charge in [-0.25, -0.2) is 17.6 Å². The van der Waals surface area contributed by atoms with Gasteiger partial charge in [-0.15, -0.1) is 0 Å². The van der Waals surface area contributed by atoms with Crippen LogP contribution in [0.3, 0.4) is 0 Å². The maximum absolute atomic E-state index is 13.6. The molecule has 0 radical (unpaired) electrons.